The molecule has 1 aromatic rings. The van der Waals surface area contributed by atoms with Crippen molar-refractivity contribution in [2.45, 2.75) is 19.8 Å². The molecule has 0 radical (unpaired) electrons. The molecular weight excluding hydrogens is 294 g/mol. The number of anilines is 1. The maximum absolute atomic E-state index is 3.54. The number of benzene rings is 1. The summed E-state index contributed by atoms with van der Waals surface area (Å²) < 4.78 is 2.24. The molecule has 1 N–H and O–H groups in total. The first kappa shape index (κ1) is 11.1. The second-order valence-corrected chi connectivity index (χ2v) is 4.64. The molecule has 1 aromatic carbocycles. The van der Waals surface area contributed by atoms with Gasteiger partial charge in [0.2, 0.25) is 0 Å². The Bertz CT molecular complexity index is 274. The first-order chi connectivity index (χ1) is 6.19. The Morgan fingerprint density at radius 1 is 1.23 bits per heavy atom. The molecule has 3 heteroatoms. The number of aryl methyl sites for hydroxylation is 1. The van der Waals surface area contributed by atoms with Crippen LogP contribution in [0, 0.1) is 0 Å². The van der Waals surface area contributed by atoms with Gasteiger partial charge >= 0.3 is 0 Å². The van der Waals surface area contributed by atoms with E-state index in [1.165, 1.54) is 12.0 Å². The van der Waals surface area contributed by atoms with Crippen molar-refractivity contribution in [3.05, 3.63) is 26.6 Å². The highest BCUT2D eigenvalue weighted by molar-refractivity contribution is 9.11. The number of hydrogen-bond acceptors (Lipinski definition) is 1. The van der Waals surface area contributed by atoms with Crippen LogP contribution < -0.4 is 5.32 Å². The van der Waals surface area contributed by atoms with Crippen molar-refractivity contribution < 1.29 is 0 Å². The van der Waals surface area contributed by atoms with Crippen LogP contribution in [0.5, 0.6) is 0 Å². The average Bonchev–Trinajstić information content (AvgIpc) is 2.04. The van der Waals surface area contributed by atoms with E-state index in [2.05, 4.69) is 56.2 Å². The van der Waals surface area contributed by atoms with Gasteiger partial charge in [-0.25, -0.2) is 0 Å². The molecule has 0 unspecified atom stereocenters. The van der Waals surface area contributed by atoms with E-state index in [-0.39, 0.29) is 0 Å². The molecular formula is C10H13Br2N. The van der Waals surface area contributed by atoms with Crippen LogP contribution in [0.1, 0.15) is 18.9 Å². The Morgan fingerprint density at radius 2 is 1.77 bits per heavy atom. The number of nitrogens with one attached hydrogen (secondary N) is 1. The van der Waals surface area contributed by atoms with Gasteiger partial charge in [0.05, 0.1) is 5.69 Å². The van der Waals surface area contributed by atoms with Crippen LogP contribution in [0.4, 0.5) is 5.69 Å². The van der Waals surface area contributed by atoms with Gasteiger partial charge in [0.15, 0.2) is 0 Å². The molecule has 0 spiro atoms. The van der Waals surface area contributed by atoms with Gasteiger partial charge in [0.1, 0.15) is 0 Å². The van der Waals surface area contributed by atoms with Crippen molar-refractivity contribution >= 4 is 37.5 Å². The van der Waals surface area contributed by atoms with Gasteiger partial charge in [-0.05, 0) is 56.0 Å². The summed E-state index contributed by atoms with van der Waals surface area (Å²) in [4.78, 5) is 0. The van der Waals surface area contributed by atoms with Crippen molar-refractivity contribution in [2.24, 2.45) is 0 Å². The predicted molar refractivity (Wildman–Crippen MR) is 65.4 cm³/mol. The fraction of sp³-hybridized carbons (Fsp3) is 0.400. The Balaban J connectivity index is 3.05. The zero-order chi connectivity index (χ0) is 9.84. The molecule has 1 rings (SSSR count). The highest BCUT2D eigenvalue weighted by atomic mass is 79.9. The van der Waals surface area contributed by atoms with E-state index >= 15 is 0 Å². The Labute approximate surface area is 96.2 Å². The number of hydrogen-bond donors (Lipinski definition) is 1. The highest BCUT2D eigenvalue weighted by Gasteiger charge is 2.04. The normalized spacial score (nSPS) is 10.2. The van der Waals surface area contributed by atoms with Crippen molar-refractivity contribution in [3.8, 4) is 0 Å². The van der Waals surface area contributed by atoms with Crippen LogP contribution in [0.3, 0.4) is 0 Å². The van der Waals surface area contributed by atoms with Gasteiger partial charge in [-0.2, -0.15) is 0 Å². The summed E-state index contributed by atoms with van der Waals surface area (Å²) in [6, 6.07) is 4.33. The summed E-state index contributed by atoms with van der Waals surface area (Å²) in [6.45, 7) is 2.19. The molecule has 1 nitrogen and oxygen atoms in total. The van der Waals surface area contributed by atoms with Crippen molar-refractivity contribution in [3.63, 3.8) is 0 Å². The van der Waals surface area contributed by atoms with E-state index in [9.17, 15) is 0 Å². The van der Waals surface area contributed by atoms with Crippen molar-refractivity contribution in [1.82, 2.24) is 0 Å². The van der Waals surface area contributed by atoms with E-state index in [1.807, 2.05) is 7.05 Å². The number of halogens is 2. The van der Waals surface area contributed by atoms with E-state index in [1.54, 1.807) is 0 Å². The average molecular weight is 307 g/mol. The lowest BCUT2D eigenvalue weighted by atomic mass is 10.1. The summed E-state index contributed by atoms with van der Waals surface area (Å²) in [7, 11) is 1.92. The molecule has 0 aromatic heterocycles. The summed E-state index contributed by atoms with van der Waals surface area (Å²) in [5, 5.41) is 3.14. The fourth-order valence-electron chi connectivity index (χ4n) is 1.30. The van der Waals surface area contributed by atoms with Gasteiger partial charge in [0.25, 0.3) is 0 Å². The first-order valence-corrected chi connectivity index (χ1v) is 5.93. The molecule has 0 heterocycles. The Morgan fingerprint density at radius 3 is 2.15 bits per heavy atom. The van der Waals surface area contributed by atoms with E-state index < -0.39 is 0 Å². The molecule has 0 amide bonds. The van der Waals surface area contributed by atoms with Crippen LogP contribution in [-0.4, -0.2) is 7.05 Å². The predicted octanol–water partition coefficient (Wildman–Crippen LogP) is 4.21. The second-order valence-electron chi connectivity index (χ2n) is 2.93. The molecule has 0 aliphatic heterocycles. The van der Waals surface area contributed by atoms with Gasteiger partial charge in [0, 0.05) is 16.0 Å². The molecule has 0 aliphatic carbocycles. The van der Waals surface area contributed by atoms with Crippen LogP contribution in [-0.2, 0) is 6.42 Å². The summed E-state index contributed by atoms with van der Waals surface area (Å²) in [5.74, 6) is 0. The van der Waals surface area contributed by atoms with Gasteiger partial charge in [-0.3, -0.25) is 0 Å². The summed E-state index contributed by atoms with van der Waals surface area (Å²) in [6.07, 6.45) is 2.30. The van der Waals surface area contributed by atoms with Crippen molar-refractivity contribution in [2.75, 3.05) is 12.4 Å². The Hall–Kier alpha value is -0.0200. The van der Waals surface area contributed by atoms with Gasteiger partial charge in [-0.15, -0.1) is 0 Å². The molecule has 0 atom stereocenters. The maximum atomic E-state index is 3.54. The molecule has 0 saturated carbocycles. The van der Waals surface area contributed by atoms with Crippen LogP contribution >= 0.6 is 31.9 Å². The fourth-order valence-corrected chi connectivity index (χ4v) is 2.98. The lowest BCUT2D eigenvalue weighted by Crippen LogP contribution is -1.93. The smallest absolute Gasteiger partial charge is 0.0626 e. The quantitative estimate of drug-likeness (QED) is 0.882. The number of rotatable bonds is 3. The minimum Gasteiger partial charge on any atom is -0.386 e. The third-order valence-corrected chi connectivity index (χ3v) is 3.14. The lowest BCUT2D eigenvalue weighted by Gasteiger charge is -2.09. The minimum absolute atomic E-state index is 1.11. The Kier molecular flexibility index (Phi) is 4.26. The second kappa shape index (κ2) is 5.01. The zero-order valence-corrected chi connectivity index (χ0v) is 11.0. The van der Waals surface area contributed by atoms with Gasteiger partial charge in [-0.1, -0.05) is 13.3 Å². The molecule has 13 heavy (non-hydrogen) atoms. The van der Waals surface area contributed by atoms with E-state index in [4.69, 9.17) is 0 Å². The third-order valence-electron chi connectivity index (χ3n) is 1.89. The maximum Gasteiger partial charge on any atom is 0.0626 e. The third kappa shape index (κ3) is 2.71. The largest absolute Gasteiger partial charge is 0.386 e. The van der Waals surface area contributed by atoms with Crippen molar-refractivity contribution in [1.29, 1.82) is 0 Å². The lowest BCUT2D eigenvalue weighted by molar-refractivity contribution is 0.920. The van der Waals surface area contributed by atoms with E-state index in [0.29, 0.717) is 0 Å². The zero-order valence-electron chi connectivity index (χ0n) is 7.82. The molecule has 0 fully saturated rings. The van der Waals surface area contributed by atoms with Crippen LogP contribution in [0.2, 0.25) is 0 Å². The molecule has 0 saturated heterocycles. The standard InChI is InChI=1S/C10H13Br2N/c1-3-4-7-5-8(11)10(13-2)9(12)6-7/h5-6,13H,3-4H2,1-2H3. The summed E-state index contributed by atoms with van der Waals surface area (Å²) >= 11 is 7.07. The first-order valence-electron chi connectivity index (χ1n) is 4.34. The molecule has 0 bridgehead atoms. The van der Waals surface area contributed by atoms with E-state index in [0.717, 1.165) is 21.1 Å². The minimum atomic E-state index is 1.11. The van der Waals surface area contributed by atoms with Crippen LogP contribution in [0.15, 0.2) is 21.1 Å². The topological polar surface area (TPSA) is 12.0 Å². The van der Waals surface area contributed by atoms with Gasteiger partial charge < -0.3 is 5.32 Å². The van der Waals surface area contributed by atoms with Crippen LogP contribution in [0.25, 0.3) is 0 Å². The highest BCUT2D eigenvalue weighted by Crippen LogP contribution is 2.32. The summed E-state index contributed by atoms with van der Waals surface area (Å²) in [5.41, 5.74) is 2.47. The monoisotopic (exact) mass is 305 g/mol. The molecule has 0 aliphatic rings. The molecule has 72 valence electrons. The SMILES string of the molecule is CCCc1cc(Br)c(NC)c(Br)c1.